The van der Waals surface area contributed by atoms with E-state index in [1.54, 1.807) is 55.1 Å². The maximum Gasteiger partial charge on any atom is 0.319 e. The maximum atomic E-state index is 16.5. The number of aromatic nitrogens is 6. The van der Waals surface area contributed by atoms with Gasteiger partial charge in [-0.05, 0) is 50.2 Å². The summed E-state index contributed by atoms with van der Waals surface area (Å²) < 4.78 is 39.5. The molecule has 2 fully saturated rings. The third kappa shape index (κ3) is 3.95. The molecule has 0 aliphatic carbocycles. The predicted octanol–water partition coefficient (Wildman–Crippen LogP) is 5.92. The van der Waals surface area contributed by atoms with Gasteiger partial charge in [-0.25, -0.2) is 13.8 Å². The van der Waals surface area contributed by atoms with E-state index in [0.717, 1.165) is 38.8 Å². The molecule has 42 heavy (non-hydrogen) atoms. The standard InChI is InChI=1S/C31H26F2N8O/c32-22-8-2-6-19-5-1-7-20(25(19)22)27-26(33)28-21(15-36-27)29(37-24-17-35-23-16-34-11-14-41(23)24)39-30(38-28)42-18-31-9-3-12-40(31)13-4-10-31/h1-2,5-8,11,14-17H,3-4,9-10,12-13,18H2,(H,37,38,39). The summed E-state index contributed by atoms with van der Waals surface area (Å²) in [5.74, 6) is -0.196. The van der Waals surface area contributed by atoms with Crippen molar-refractivity contribution in [2.75, 3.05) is 25.0 Å². The number of rotatable bonds is 6. The smallest absolute Gasteiger partial charge is 0.319 e. The average Bonchev–Trinajstić information content (AvgIpc) is 3.71. The monoisotopic (exact) mass is 564 g/mol. The van der Waals surface area contributed by atoms with Gasteiger partial charge in [0, 0.05) is 29.5 Å². The maximum absolute atomic E-state index is 16.5. The fraction of sp³-hybridized carbons (Fsp3) is 0.258. The molecule has 0 radical (unpaired) electrons. The van der Waals surface area contributed by atoms with E-state index < -0.39 is 11.6 Å². The lowest BCUT2D eigenvalue weighted by Crippen LogP contribution is -2.43. The summed E-state index contributed by atoms with van der Waals surface area (Å²) in [4.78, 5) is 24.7. The topological polar surface area (TPSA) is 93.4 Å². The summed E-state index contributed by atoms with van der Waals surface area (Å²) in [6.07, 6.45) is 12.6. The number of benzene rings is 2. The molecule has 0 atom stereocenters. The Morgan fingerprint density at radius 2 is 1.79 bits per heavy atom. The van der Waals surface area contributed by atoms with E-state index in [-0.39, 0.29) is 22.8 Å². The van der Waals surface area contributed by atoms with Crippen molar-refractivity contribution in [3.05, 3.63) is 79.0 Å². The second-order valence-corrected chi connectivity index (χ2v) is 11.0. The van der Waals surface area contributed by atoms with E-state index in [4.69, 9.17) is 4.74 Å². The van der Waals surface area contributed by atoms with Crippen LogP contribution in [0.2, 0.25) is 0 Å². The minimum atomic E-state index is -0.678. The first-order valence-electron chi connectivity index (χ1n) is 14.1. The lowest BCUT2D eigenvalue weighted by atomic mass is 9.95. The molecule has 6 aromatic rings. The van der Waals surface area contributed by atoms with Crippen molar-refractivity contribution >= 4 is 39.0 Å². The molecular weight excluding hydrogens is 538 g/mol. The molecule has 0 spiro atoms. The van der Waals surface area contributed by atoms with E-state index in [1.165, 1.54) is 12.3 Å². The molecule has 9 nitrogen and oxygen atoms in total. The fourth-order valence-corrected chi connectivity index (χ4v) is 6.59. The molecule has 2 aliphatic rings. The van der Waals surface area contributed by atoms with Gasteiger partial charge in [-0.2, -0.15) is 9.97 Å². The lowest BCUT2D eigenvalue weighted by Gasteiger charge is -2.31. The zero-order chi connectivity index (χ0) is 28.3. The first kappa shape index (κ1) is 25.0. The number of imidazole rings is 1. The van der Waals surface area contributed by atoms with Gasteiger partial charge in [0.05, 0.1) is 23.3 Å². The Morgan fingerprint density at radius 1 is 0.952 bits per heavy atom. The summed E-state index contributed by atoms with van der Waals surface area (Å²) in [5, 5.41) is 4.58. The van der Waals surface area contributed by atoms with Gasteiger partial charge in [0.1, 0.15) is 35.3 Å². The highest BCUT2D eigenvalue weighted by Crippen LogP contribution is 2.40. The van der Waals surface area contributed by atoms with Crippen LogP contribution in [0, 0.1) is 11.6 Å². The minimum Gasteiger partial charge on any atom is -0.461 e. The summed E-state index contributed by atoms with van der Waals surface area (Å²) in [5.41, 5.74) is 0.986. The van der Waals surface area contributed by atoms with Gasteiger partial charge < -0.3 is 10.1 Å². The zero-order valence-electron chi connectivity index (χ0n) is 22.6. The van der Waals surface area contributed by atoms with Crippen LogP contribution in [0.15, 0.2) is 67.4 Å². The van der Waals surface area contributed by atoms with Crippen molar-refractivity contribution in [1.82, 2.24) is 34.2 Å². The number of hydrogen-bond acceptors (Lipinski definition) is 8. The molecule has 8 rings (SSSR count). The Bertz CT molecular complexity index is 1980. The Balaban J connectivity index is 1.27. The number of nitrogens with zero attached hydrogens (tertiary/aromatic N) is 7. The Morgan fingerprint density at radius 3 is 2.64 bits per heavy atom. The van der Waals surface area contributed by atoms with Crippen molar-refractivity contribution in [3.63, 3.8) is 0 Å². The highest BCUT2D eigenvalue weighted by molar-refractivity contribution is 5.99. The van der Waals surface area contributed by atoms with Crippen LogP contribution in [0.1, 0.15) is 25.7 Å². The number of nitrogens with one attached hydrogen (secondary N) is 1. The van der Waals surface area contributed by atoms with Crippen molar-refractivity contribution in [2.24, 2.45) is 0 Å². The molecular formula is C31H26F2N8O. The zero-order valence-corrected chi connectivity index (χ0v) is 22.6. The molecule has 210 valence electrons. The molecule has 1 N–H and O–H groups in total. The summed E-state index contributed by atoms with van der Waals surface area (Å²) in [7, 11) is 0. The van der Waals surface area contributed by atoms with Crippen LogP contribution in [0.25, 0.3) is 38.6 Å². The molecule has 0 saturated carbocycles. The molecule has 0 bridgehead atoms. The second-order valence-electron chi connectivity index (χ2n) is 11.0. The molecule has 4 aromatic heterocycles. The van der Waals surface area contributed by atoms with Crippen molar-refractivity contribution in [1.29, 1.82) is 0 Å². The third-order valence-corrected chi connectivity index (χ3v) is 8.62. The van der Waals surface area contributed by atoms with Gasteiger partial charge in [0.2, 0.25) is 0 Å². The van der Waals surface area contributed by atoms with E-state index in [9.17, 15) is 4.39 Å². The van der Waals surface area contributed by atoms with Crippen LogP contribution in [-0.4, -0.2) is 59.5 Å². The third-order valence-electron chi connectivity index (χ3n) is 8.62. The molecule has 6 heterocycles. The lowest BCUT2D eigenvalue weighted by molar-refractivity contribution is 0.108. The summed E-state index contributed by atoms with van der Waals surface area (Å²) in [6, 6.07) is 10.1. The number of anilines is 2. The number of fused-ring (bicyclic) bond motifs is 4. The number of ether oxygens (including phenoxy) is 1. The van der Waals surface area contributed by atoms with Gasteiger partial charge >= 0.3 is 6.01 Å². The van der Waals surface area contributed by atoms with Crippen molar-refractivity contribution < 1.29 is 13.5 Å². The number of hydrogen-bond donors (Lipinski definition) is 1. The van der Waals surface area contributed by atoms with Gasteiger partial charge in [-0.3, -0.25) is 19.3 Å². The van der Waals surface area contributed by atoms with Crippen LogP contribution in [0.5, 0.6) is 6.01 Å². The highest BCUT2D eigenvalue weighted by atomic mass is 19.1. The fourth-order valence-electron chi connectivity index (χ4n) is 6.59. The van der Waals surface area contributed by atoms with Gasteiger partial charge in [-0.15, -0.1) is 0 Å². The molecule has 2 saturated heterocycles. The average molecular weight is 565 g/mol. The molecule has 2 aromatic carbocycles. The normalized spacial score (nSPS) is 16.4. The minimum absolute atomic E-state index is 0.00558. The predicted molar refractivity (Wildman–Crippen MR) is 155 cm³/mol. The van der Waals surface area contributed by atoms with E-state index in [2.05, 4.69) is 35.1 Å². The van der Waals surface area contributed by atoms with Crippen LogP contribution in [-0.2, 0) is 0 Å². The van der Waals surface area contributed by atoms with Gasteiger partial charge in [0.25, 0.3) is 0 Å². The van der Waals surface area contributed by atoms with E-state index in [1.807, 2.05) is 4.40 Å². The van der Waals surface area contributed by atoms with E-state index >= 15 is 4.39 Å². The van der Waals surface area contributed by atoms with Gasteiger partial charge in [-0.1, -0.05) is 30.3 Å². The molecule has 2 aliphatic heterocycles. The highest BCUT2D eigenvalue weighted by Gasteiger charge is 2.45. The van der Waals surface area contributed by atoms with Crippen molar-refractivity contribution in [2.45, 2.75) is 31.2 Å². The molecule has 11 heteroatoms. The van der Waals surface area contributed by atoms with Gasteiger partial charge in [0.15, 0.2) is 11.5 Å². The first-order valence-corrected chi connectivity index (χ1v) is 14.1. The van der Waals surface area contributed by atoms with Crippen molar-refractivity contribution in [3.8, 4) is 17.3 Å². The van der Waals surface area contributed by atoms with Crippen LogP contribution >= 0.6 is 0 Å². The largest absolute Gasteiger partial charge is 0.461 e. The van der Waals surface area contributed by atoms with E-state index in [0.29, 0.717) is 45.6 Å². The summed E-state index contributed by atoms with van der Waals surface area (Å²) in [6.45, 7) is 2.54. The quantitative estimate of drug-likeness (QED) is 0.267. The van der Waals surface area contributed by atoms with Crippen LogP contribution in [0.3, 0.4) is 0 Å². The second kappa shape index (κ2) is 9.66. The van der Waals surface area contributed by atoms with Crippen LogP contribution < -0.4 is 10.1 Å². The number of halogens is 2. The Kier molecular flexibility index (Phi) is 5.74. The Labute approximate surface area is 239 Å². The number of pyridine rings is 1. The van der Waals surface area contributed by atoms with Crippen LogP contribution in [0.4, 0.5) is 20.4 Å². The molecule has 0 unspecified atom stereocenters. The summed E-state index contributed by atoms with van der Waals surface area (Å²) >= 11 is 0. The molecule has 0 amide bonds. The first-order chi connectivity index (χ1) is 20.6. The Hall–Kier alpha value is -4.77. The SMILES string of the molecule is Fc1c(-c2cccc3cccc(F)c23)ncc2c(Nc3cnc4cnccn34)nc(OCC34CCCN3CCC4)nc12.